The van der Waals surface area contributed by atoms with Gasteiger partial charge in [0.15, 0.2) is 0 Å². The molecule has 0 spiro atoms. The van der Waals surface area contributed by atoms with Crippen LogP contribution in [0.1, 0.15) is 19.3 Å². The van der Waals surface area contributed by atoms with Gasteiger partial charge in [0.05, 0.1) is 5.41 Å². The fourth-order valence-corrected chi connectivity index (χ4v) is 1.96. The van der Waals surface area contributed by atoms with Gasteiger partial charge in [0.1, 0.15) is 0 Å². The van der Waals surface area contributed by atoms with E-state index in [1.807, 2.05) is 0 Å². The average Bonchev–Trinajstić information content (AvgIpc) is 2.13. The minimum absolute atomic E-state index is 0.134. The minimum Gasteiger partial charge on any atom is -0.481 e. The quantitative estimate of drug-likeness (QED) is 0.807. The maximum Gasteiger partial charge on any atom is 0.311 e. The maximum absolute atomic E-state index is 11.4. The fraction of sp³-hybridized carbons (Fsp3) is 0.455. The summed E-state index contributed by atoms with van der Waals surface area (Å²) >= 11 is 0. The standard InChI is InChI=1S/C11H13NO3/c13-9-4-1-2-7-12(9)8-11(10(14)15)5-3-6-11/h1-2,4,7H,3,5-6,8H2,(H,14,15). The molecular weight excluding hydrogens is 194 g/mol. The lowest BCUT2D eigenvalue weighted by atomic mass is 9.68. The molecule has 1 aliphatic rings. The van der Waals surface area contributed by atoms with Gasteiger partial charge in [-0.15, -0.1) is 0 Å². The number of aliphatic carboxylic acids is 1. The third-order valence-corrected chi connectivity index (χ3v) is 3.14. The molecule has 1 fully saturated rings. The number of hydrogen-bond acceptors (Lipinski definition) is 2. The second-order valence-electron chi connectivity index (χ2n) is 4.11. The molecule has 2 rings (SSSR count). The molecule has 15 heavy (non-hydrogen) atoms. The summed E-state index contributed by atoms with van der Waals surface area (Å²) in [6.45, 7) is 0.294. The van der Waals surface area contributed by atoms with E-state index in [0.717, 1.165) is 6.42 Å². The molecule has 1 aromatic heterocycles. The summed E-state index contributed by atoms with van der Waals surface area (Å²) in [6, 6.07) is 4.86. The first-order valence-electron chi connectivity index (χ1n) is 5.03. The summed E-state index contributed by atoms with van der Waals surface area (Å²) in [4.78, 5) is 22.5. The number of pyridine rings is 1. The van der Waals surface area contributed by atoms with Crippen molar-refractivity contribution in [2.45, 2.75) is 25.8 Å². The number of nitrogens with zero attached hydrogens (tertiary/aromatic N) is 1. The molecule has 0 aliphatic heterocycles. The van der Waals surface area contributed by atoms with Gasteiger partial charge < -0.3 is 9.67 Å². The highest BCUT2D eigenvalue weighted by molar-refractivity contribution is 5.75. The first-order valence-corrected chi connectivity index (χ1v) is 5.03. The largest absolute Gasteiger partial charge is 0.481 e. The number of carbonyl (C=O) groups is 1. The highest BCUT2D eigenvalue weighted by atomic mass is 16.4. The van der Waals surface area contributed by atoms with Gasteiger partial charge in [-0.05, 0) is 18.9 Å². The van der Waals surface area contributed by atoms with Crippen LogP contribution in [0.2, 0.25) is 0 Å². The van der Waals surface area contributed by atoms with Crippen LogP contribution in [-0.2, 0) is 11.3 Å². The van der Waals surface area contributed by atoms with Crippen molar-refractivity contribution < 1.29 is 9.90 Å². The highest BCUT2D eigenvalue weighted by Crippen LogP contribution is 2.42. The number of carboxylic acids is 1. The third-order valence-electron chi connectivity index (χ3n) is 3.14. The van der Waals surface area contributed by atoms with Crippen molar-refractivity contribution in [1.29, 1.82) is 0 Å². The van der Waals surface area contributed by atoms with E-state index in [-0.39, 0.29) is 5.56 Å². The van der Waals surface area contributed by atoms with Gasteiger partial charge in [-0.25, -0.2) is 0 Å². The van der Waals surface area contributed by atoms with Gasteiger partial charge in [0.2, 0.25) is 0 Å². The molecule has 0 amide bonds. The summed E-state index contributed by atoms with van der Waals surface area (Å²) in [7, 11) is 0. The zero-order valence-corrected chi connectivity index (χ0v) is 8.35. The van der Waals surface area contributed by atoms with Gasteiger partial charge in [0.25, 0.3) is 5.56 Å². The zero-order valence-electron chi connectivity index (χ0n) is 8.35. The number of carboxylic acid groups (broad SMARTS) is 1. The second-order valence-corrected chi connectivity index (χ2v) is 4.11. The van der Waals surface area contributed by atoms with E-state index in [0.29, 0.717) is 19.4 Å². The molecule has 0 aromatic carbocycles. The van der Waals surface area contributed by atoms with E-state index in [9.17, 15) is 9.59 Å². The molecule has 1 saturated carbocycles. The average molecular weight is 207 g/mol. The van der Waals surface area contributed by atoms with Gasteiger partial charge in [-0.2, -0.15) is 0 Å². The van der Waals surface area contributed by atoms with E-state index in [4.69, 9.17) is 5.11 Å². The molecular formula is C11H13NO3. The fourth-order valence-electron chi connectivity index (χ4n) is 1.96. The van der Waals surface area contributed by atoms with Crippen LogP contribution >= 0.6 is 0 Å². The van der Waals surface area contributed by atoms with E-state index >= 15 is 0 Å². The molecule has 1 heterocycles. The summed E-state index contributed by atoms with van der Waals surface area (Å²) in [5.74, 6) is -0.787. The van der Waals surface area contributed by atoms with E-state index in [1.165, 1.54) is 10.6 Å². The minimum atomic E-state index is -0.787. The molecule has 0 saturated heterocycles. The van der Waals surface area contributed by atoms with Crippen molar-refractivity contribution in [3.8, 4) is 0 Å². The Bertz CT molecular complexity index is 431. The number of aromatic nitrogens is 1. The van der Waals surface area contributed by atoms with Crippen molar-refractivity contribution in [3.05, 3.63) is 34.7 Å². The third kappa shape index (κ3) is 1.67. The van der Waals surface area contributed by atoms with E-state index in [1.54, 1.807) is 18.3 Å². The molecule has 1 aliphatic carbocycles. The highest BCUT2D eigenvalue weighted by Gasteiger charge is 2.44. The lowest BCUT2D eigenvalue weighted by molar-refractivity contribution is -0.155. The molecule has 0 unspecified atom stereocenters. The number of rotatable bonds is 3. The van der Waals surface area contributed by atoms with Crippen LogP contribution in [0, 0.1) is 5.41 Å². The van der Waals surface area contributed by atoms with Gasteiger partial charge in [0, 0.05) is 18.8 Å². The summed E-state index contributed by atoms with van der Waals surface area (Å²) in [6.07, 6.45) is 3.92. The Morgan fingerprint density at radius 3 is 2.67 bits per heavy atom. The van der Waals surface area contributed by atoms with Crippen molar-refractivity contribution >= 4 is 5.97 Å². The van der Waals surface area contributed by atoms with Crippen LogP contribution in [0.4, 0.5) is 0 Å². The Hall–Kier alpha value is -1.58. The molecule has 4 nitrogen and oxygen atoms in total. The smallest absolute Gasteiger partial charge is 0.311 e. The maximum atomic E-state index is 11.4. The van der Waals surface area contributed by atoms with Crippen molar-refractivity contribution in [1.82, 2.24) is 4.57 Å². The summed E-state index contributed by atoms with van der Waals surface area (Å²) in [5, 5.41) is 9.12. The lowest BCUT2D eigenvalue weighted by Crippen LogP contribution is -2.43. The second kappa shape index (κ2) is 3.53. The van der Waals surface area contributed by atoms with E-state index < -0.39 is 11.4 Å². The topological polar surface area (TPSA) is 59.3 Å². The Kier molecular flexibility index (Phi) is 2.34. The van der Waals surface area contributed by atoms with Crippen LogP contribution < -0.4 is 5.56 Å². The molecule has 0 radical (unpaired) electrons. The van der Waals surface area contributed by atoms with Crippen LogP contribution in [0.25, 0.3) is 0 Å². The first-order chi connectivity index (χ1) is 7.14. The van der Waals surface area contributed by atoms with Crippen molar-refractivity contribution in [2.75, 3.05) is 0 Å². The molecule has 4 heteroatoms. The van der Waals surface area contributed by atoms with Crippen LogP contribution in [0.15, 0.2) is 29.2 Å². The van der Waals surface area contributed by atoms with E-state index in [2.05, 4.69) is 0 Å². The normalized spacial score (nSPS) is 18.1. The molecule has 1 N–H and O–H groups in total. The van der Waals surface area contributed by atoms with Gasteiger partial charge in [-0.3, -0.25) is 9.59 Å². The summed E-state index contributed by atoms with van der Waals surface area (Å²) in [5.41, 5.74) is -0.837. The van der Waals surface area contributed by atoms with Crippen LogP contribution in [0.3, 0.4) is 0 Å². The monoisotopic (exact) mass is 207 g/mol. The van der Waals surface area contributed by atoms with Gasteiger partial charge in [-0.1, -0.05) is 12.5 Å². The molecule has 0 bridgehead atoms. The SMILES string of the molecule is O=C(O)C1(Cn2ccccc2=O)CCC1. The van der Waals surface area contributed by atoms with Crippen molar-refractivity contribution in [3.63, 3.8) is 0 Å². The molecule has 1 aromatic rings. The van der Waals surface area contributed by atoms with Gasteiger partial charge >= 0.3 is 5.97 Å². The van der Waals surface area contributed by atoms with Crippen molar-refractivity contribution in [2.24, 2.45) is 5.41 Å². The van der Waals surface area contributed by atoms with Crippen LogP contribution in [-0.4, -0.2) is 15.6 Å². The Morgan fingerprint density at radius 1 is 1.47 bits per heavy atom. The zero-order chi connectivity index (χ0) is 10.9. The number of hydrogen-bond donors (Lipinski definition) is 1. The Labute approximate surface area is 87.2 Å². The Morgan fingerprint density at radius 2 is 2.20 bits per heavy atom. The molecule has 0 atom stereocenters. The first kappa shape index (κ1) is 9.96. The lowest BCUT2D eigenvalue weighted by Gasteiger charge is -2.37. The Balaban J connectivity index is 2.25. The predicted octanol–water partition coefficient (Wildman–Crippen LogP) is 1.10. The molecule has 80 valence electrons. The summed E-state index contributed by atoms with van der Waals surface area (Å²) < 4.78 is 1.48. The van der Waals surface area contributed by atoms with Crippen LogP contribution in [0.5, 0.6) is 0 Å². The predicted molar refractivity (Wildman–Crippen MR) is 54.6 cm³/mol.